The Balaban J connectivity index is 2.28. The summed E-state index contributed by atoms with van der Waals surface area (Å²) < 4.78 is 5.82. The van der Waals surface area contributed by atoms with Crippen LogP contribution in [0, 0.1) is 13.8 Å². The summed E-state index contributed by atoms with van der Waals surface area (Å²) in [5.41, 5.74) is 3.04. The van der Waals surface area contributed by atoms with Crippen molar-refractivity contribution in [3.8, 4) is 11.5 Å². The van der Waals surface area contributed by atoms with Crippen molar-refractivity contribution in [3.63, 3.8) is 0 Å². The molecule has 0 amide bonds. The summed E-state index contributed by atoms with van der Waals surface area (Å²) in [5.74, 6) is 1.38. The first-order valence-electron chi connectivity index (χ1n) is 6.20. The maximum Gasteiger partial charge on any atom is 0.146 e. The molecule has 1 atom stereocenters. The van der Waals surface area contributed by atoms with E-state index in [1.54, 1.807) is 19.1 Å². The highest BCUT2D eigenvalue weighted by atomic mass is 35.5. The van der Waals surface area contributed by atoms with Gasteiger partial charge in [-0.2, -0.15) is 0 Å². The molecule has 0 aliphatic carbocycles. The Hall–Kier alpha value is -1.51. The number of halogens is 1. The predicted molar refractivity (Wildman–Crippen MR) is 78.1 cm³/mol. The SMILES string of the molecule is Cc1ccc(Oc2ccc(C(C)O)cc2Cl)c(C)c1. The fourth-order valence-electron chi connectivity index (χ4n) is 1.89. The second-order valence-corrected chi connectivity index (χ2v) is 5.14. The van der Waals surface area contributed by atoms with Gasteiger partial charge in [-0.1, -0.05) is 35.4 Å². The van der Waals surface area contributed by atoms with E-state index < -0.39 is 6.10 Å². The Morgan fingerprint density at radius 3 is 2.32 bits per heavy atom. The van der Waals surface area contributed by atoms with E-state index in [0.717, 1.165) is 16.9 Å². The Morgan fingerprint density at radius 1 is 1.05 bits per heavy atom. The molecule has 0 fully saturated rings. The van der Waals surface area contributed by atoms with Crippen LogP contribution in [0.1, 0.15) is 29.7 Å². The highest BCUT2D eigenvalue weighted by molar-refractivity contribution is 6.32. The summed E-state index contributed by atoms with van der Waals surface area (Å²) in [7, 11) is 0. The number of benzene rings is 2. The molecule has 2 aromatic rings. The Morgan fingerprint density at radius 2 is 1.74 bits per heavy atom. The molecule has 0 aromatic heterocycles. The zero-order valence-electron chi connectivity index (χ0n) is 11.3. The third-order valence-corrected chi connectivity index (χ3v) is 3.28. The number of hydrogen-bond acceptors (Lipinski definition) is 2. The molecule has 0 radical (unpaired) electrons. The molecule has 0 spiro atoms. The molecule has 100 valence electrons. The maximum absolute atomic E-state index is 9.50. The summed E-state index contributed by atoms with van der Waals surface area (Å²) in [5, 5.41) is 10.0. The van der Waals surface area contributed by atoms with Gasteiger partial charge >= 0.3 is 0 Å². The molecule has 1 unspecified atom stereocenters. The predicted octanol–water partition coefficient (Wildman–Crippen LogP) is 4.80. The largest absolute Gasteiger partial charge is 0.456 e. The molecule has 0 bridgehead atoms. The van der Waals surface area contributed by atoms with Crippen molar-refractivity contribution in [2.75, 3.05) is 0 Å². The van der Waals surface area contributed by atoms with Crippen LogP contribution in [0.5, 0.6) is 11.5 Å². The lowest BCUT2D eigenvalue weighted by atomic mass is 10.1. The first-order valence-corrected chi connectivity index (χ1v) is 6.58. The van der Waals surface area contributed by atoms with Gasteiger partial charge in [0.2, 0.25) is 0 Å². The number of aryl methyl sites for hydroxylation is 2. The van der Waals surface area contributed by atoms with E-state index >= 15 is 0 Å². The second kappa shape index (κ2) is 5.64. The average Bonchev–Trinajstić information content (AvgIpc) is 2.34. The standard InChI is InChI=1S/C16H17ClO2/c1-10-4-6-15(11(2)8-10)19-16-7-5-13(12(3)18)9-14(16)17/h4-9,12,18H,1-3H3. The van der Waals surface area contributed by atoms with E-state index in [4.69, 9.17) is 16.3 Å². The second-order valence-electron chi connectivity index (χ2n) is 4.74. The number of rotatable bonds is 3. The average molecular weight is 277 g/mol. The van der Waals surface area contributed by atoms with E-state index in [1.165, 1.54) is 5.56 Å². The van der Waals surface area contributed by atoms with E-state index in [1.807, 2.05) is 32.0 Å². The van der Waals surface area contributed by atoms with Crippen molar-refractivity contribution < 1.29 is 9.84 Å². The zero-order valence-corrected chi connectivity index (χ0v) is 12.0. The lowest BCUT2D eigenvalue weighted by Crippen LogP contribution is -1.93. The van der Waals surface area contributed by atoms with Crippen LogP contribution in [0.4, 0.5) is 0 Å². The van der Waals surface area contributed by atoms with Crippen LogP contribution in [0.2, 0.25) is 5.02 Å². The minimum absolute atomic E-state index is 0.498. The molecule has 3 heteroatoms. The van der Waals surface area contributed by atoms with Crippen molar-refractivity contribution in [2.24, 2.45) is 0 Å². The molecule has 19 heavy (non-hydrogen) atoms. The quantitative estimate of drug-likeness (QED) is 0.872. The molecule has 0 aliphatic rings. The molecular formula is C16H17ClO2. The van der Waals surface area contributed by atoms with Crippen molar-refractivity contribution in [1.82, 2.24) is 0 Å². The van der Waals surface area contributed by atoms with Crippen LogP contribution in [-0.4, -0.2) is 5.11 Å². The fraction of sp³-hybridized carbons (Fsp3) is 0.250. The summed E-state index contributed by atoms with van der Waals surface area (Å²) in [6, 6.07) is 11.3. The van der Waals surface area contributed by atoms with Gasteiger partial charge in [-0.05, 0) is 50.1 Å². The van der Waals surface area contributed by atoms with Gasteiger partial charge < -0.3 is 9.84 Å². The van der Waals surface area contributed by atoms with Crippen LogP contribution >= 0.6 is 11.6 Å². The first kappa shape index (κ1) is 13.9. The number of aliphatic hydroxyl groups excluding tert-OH is 1. The third kappa shape index (κ3) is 3.28. The normalized spacial score (nSPS) is 12.3. The number of ether oxygens (including phenoxy) is 1. The van der Waals surface area contributed by atoms with Gasteiger partial charge in [0.1, 0.15) is 11.5 Å². The van der Waals surface area contributed by atoms with E-state index in [9.17, 15) is 5.11 Å². The summed E-state index contributed by atoms with van der Waals surface area (Å²) in [4.78, 5) is 0. The first-order chi connectivity index (χ1) is 8.97. The fourth-order valence-corrected chi connectivity index (χ4v) is 2.12. The van der Waals surface area contributed by atoms with Crippen molar-refractivity contribution in [3.05, 3.63) is 58.1 Å². The maximum atomic E-state index is 9.50. The van der Waals surface area contributed by atoms with E-state index in [2.05, 4.69) is 6.07 Å². The highest BCUT2D eigenvalue weighted by Gasteiger charge is 2.08. The smallest absolute Gasteiger partial charge is 0.146 e. The van der Waals surface area contributed by atoms with Gasteiger partial charge in [0.05, 0.1) is 11.1 Å². The minimum atomic E-state index is -0.535. The Kier molecular flexibility index (Phi) is 4.13. The lowest BCUT2D eigenvalue weighted by molar-refractivity contribution is 0.199. The molecule has 0 heterocycles. The van der Waals surface area contributed by atoms with Crippen molar-refractivity contribution in [2.45, 2.75) is 26.9 Å². The van der Waals surface area contributed by atoms with Gasteiger partial charge in [0.15, 0.2) is 0 Å². The summed E-state index contributed by atoms with van der Waals surface area (Å²) in [6.07, 6.45) is -0.535. The van der Waals surface area contributed by atoms with E-state index in [0.29, 0.717) is 10.8 Å². The molecule has 1 N–H and O–H groups in total. The molecule has 0 aliphatic heterocycles. The van der Waals surface area contributed by atoms with Gasteiger partial charge in [-0.15, -0.1) is 0 Å². The molecule has 0 saturated heterocycles. The number of aliphatic hydroxyl groups is 1. The van der Waals surface area contributed by atoms with Gasteiger partial charge in [-0.3, -0.25) is 0 Å². The zero-order chi connectivity index (χ0) is 14.0. The van der Waals surface area contributed by atoms with E-state index in [-0.39, 0.29) is 0 Å². The Bertz CT molecular complexity index is 591. The van der Waals surface area contributed by atoms with Crippen LogP contribution < -0.4 is 4.74 Å². The molecule has 0 saturated carbocycles. The van der Waals surface area contributed by atoms with Gasteiger partial charge in [0.25, 0.3) is 0 Å². The van der Waals surface area contributed by atoms with Crippen molar-refractivity contribution >= 4 is 11.6 Å². The van der Waals surface area contributed by atoms with Gasteiger partial charge in [-0.25, -0.2) is 0 Å². The minimum Gasteiger partial charge on any atom is -0.456 e. The lowest BCUT2D eigenvalue weighted by Gasteiger charge is -2.12. The van der Waals surface area contributed by atoms with Crippen LogP contribution in [0.3, 0.4) is 0 Å². The van der Waals surface area contributed by atoms with Crippen molar-refractivity contribution in [1.29, 1.82) is 0 Å². The third-order valence-electron chi connectivity index (χ3n) is 2.99. The van der Waals surface area contributed by atoms with Crippen LogP contribution in [-0.2, 0) is 0 Å². The topological polar surface area (TPSA) is 29.5 Å². The number of hydrogen-bond donors (Lipinski definition) is 1. The molecule has 2 aromatic carbocycles. The molecule has 2 rings (SSSR count). The highest BCUT2D eigenvalue weighted by Crippen LogP contribution is 2.33. The van der Waals surface area contributed by atoms with Gasteiger partial charge in [0, 0.05) is 0 Å². The molecular weight excluding hydrogens is 260 g/mol. The van der Waals surface area contributed by atoms with Crippen LogP contribution in [0.15, 0.2) is 36.4 Å². The van der Waals surface area contributed by atoms with Crippen LogP contribution in [0.25, 0.3) is 0 Å². The monoisotopic (exact) mass is 276 g/mol. The summed E-state index contributed by atoms with van der Waals surface area (Å²) >= 11 is 6.17. The molecule has 2 nitrogen and oxygen atoms in total. The summed E-state index contributed by atoms with van der Waals surface area (Å²) in [6.45, 7) is 5.75. The Labute approximate surface area is 118 Å².